The molecule has 23 heavy (non-hydrogen) atoms. The second kappa shape index (κ2) is 7.05. The number of sulfonamides is 1. The van der Waals surface area contributed by atoms with E-state index in [0.29, 0.717) is 6.42 Å². The Balaban J connectivity index is 2.09. The van der Waals surface area contributed by atoms with Crippen molar-refractivity contribution in [2.75, 3.05) is 31.9 Å². The second-order valence-electron chi connectivity index (χ2n) is 5.28. The predicted octanol–water partition coefficient (Wildman–Crippen LogP) is 1.09. The van der Waals surface area contributed by atoms with E-state index in [1.54, 1.807) is 13.0 Å². The number of carbonyl (C=O) groups excluding carboxylic acids is 1. The van der Waals surface area contributed by atoms with Gasteiger partial charge in [0.15, 0.2) is 0 Å². The monoisotopic (exact) mass is 341 g/mol. The predicted molar refractivity (Wildman–Crippen MR) is 84.7 cm³/mol. The molecule has 1 amide bonds. The zero-order valence-electron chi connectivity index (χ0n) is 12.8. The summed E-state index contributed by atoms with van der Waals surface area (Å²) >= 11 is 0. The van der Waals surface area contributed by atoms with Crippen LogP contribution in [0.3, 0.4) is 0 Å². The van der Waals surface area contributed by atoms with Crippen LogP contribution in [0.15, 0.2) is 24.3 Å². The molecule has 0 aromatic heterocycles. The normalized spacial score (nSPS) is 16.3. The largest absolute Gasteiger partial charge is 0.336 e. The van der Waals surface area contributed by atoms with Crippen LogP contribution in [0.2, 0.25) is 0 Å². The third-order valence-corrected chi connectivity index (χ3v) is 5.79. The molecule has 1 aliphatic heterocycles. The number of carbonyl (C=O) groups is 1. The van der Waals surface area contributed by atoms with Gasteiger partial charge in [-0.15, -0.1) is 0 Å². The number of nitrogens with zero attached hydrogens (tertiary/aromatic N) is 3. The Morgan fingerprint density at radius 2 is 1.83 bits per heavy atom. The highest BCUT2D eigenvalue weighted by Gasteiger charge is 2.30. The molecule has 0 radical (unpaired) electrons. The molecule has 0 atom stereocenters. The Morgan fingerprint density at radius 3 is 2.39 bits per heavy atom. The van der Waals surface area contributed by atoms with E-state index in [2.05, 4.69) is 0 Å². The maximum Gasteiger partial charge on any atom is 0.282 e. The number of hydrogen-bond acceptors (Lipinski definition) is 5. The minimum Gasteiger partial charge on any atom is -0.336 e. The van der Waals surface area contributed by atoms with Gasteiger partial charge in [-0.1, -0.05) is 19.1 Å². The van der Waals surface area contributed by atoms with Crippen LogP contribution in [0.4, 0.5) is 5.69 Å². The number of nitro groups is 1. The van der Waals surface area contributed by atoms with Crippen molar-refractivity contribution in [2.45, 2.75) is 13.3 Å². The molecule has 1 fully saturated rings. The lowest BCUT2D eigenvalue weighted by Gasteiger charge is -2.33. The number of para-hydroxylation sites is 1. The fourth-order valence-electron chi connectivity index (χ4n) is 2.54. The van der Waals surface area contributed by atoms with E-state index in [0.717, 1.165) is 0 Å². The average molecular weight is 341 g/mol. The van der Waals surface area contributed by atoms with Crippen molar-refractivity contribution >= 4 is 21.6 Å². The molecule has 1 aliphatic rings. The Bertz CT molecular complexity index is 696. The molecular weight excluding hydrogens is 322 g/mol. The van der Waals surface area contributed by atoms with E-state index in [-0.39, 0.29) is 43.2 Å². The first kappa shape index (κ1) is 17.4. The van der Waals surface area contributed by atoms with Gasteiger partial charge in [0.25, 0.3) is 11.6 Å². The number of benzene rings is 1. The maximum absolute atomic E-state index is 12.5. The summed E-state index contributed by atoms with van der Waals surface area (Å²) in [7, 11) is -3.28. The summed E-state index contributed by atoms with van der Waals surface area (Å²) in [5.41, 5.74) is -0.208. The smallest absolute Gasteiger partial charge is 0.282 e. The zero-order valence-corrected chi connectivity index (χ0v) is 13.7. The second-order valence-corrected chi connectivity index (χ2v) is 7.37. The van der Waals surface area contributed by atoms with Crippen LogP contribution in [0.25, 0.3) is 0 Å². The summed E-state index contributed by atoms with van der Waals surface area (Å²) in [4.78, 5) is 24.3. The molecule has 0 bridgehead atoms. The van der Waals surface area contributed by atoms with Crippen molar-refractivity contribution in [3.63, 3.8) is 0 Å². The summed E-state index contributed by atoms with van der Waals surface area (Å²) in [6, 6.07) is 5.78. The van der Waals surface area contributed by atoms with Crippen LogP contribution in [-0.2, 0) is 10.0 Å². The van der Waals surface area contributed by atoms with Crippen molar-refractivity contribution in [3.05, 3.63) is 39.9 Å². The van der Waals surface area contributed by atoms with E-state index < -0.39 is 20.9 Å². The van der Waals surface area contributed by atoms with Gasteiger partial charge in [-0.3, -0.25) is 14.9 Å². The highest BCUT2D eigenvalue weighted by molar-refractivity contribution is 7.89. The third-order valence-electron chi connectivity index (χ3n) is 3.71. The van der Waals surface area contributed by atoms with E-state index >= 15 is 0 Å². The van der Waals surface area contributed by atoms with Gasteiger partial charge in [0.1, 0.15) is 5.56 Å². The molecule has 9 heteroatoms. The van der Waals surface area contributed by atoms with Gasteiger partial charge < -0.3 is 4.90 Å². The number of amides is 1. The fourth-order valence-corrected chi connectivity index (χ4v) is 4.03. The van der Waals surface area contributed by atoms with Crippen LogP contribution < -0.4 is 0 Å². The minimum absolute atomic E-state index is 0.0300. The van der Waals surface area contributed by atoms with Crippen LogP contribution in [-0.4, -0.2) is 60.4 Å². The molecule has 0 unspecified atom stereocenters. The number of piperazine rings is 1. The summed E-state index contributed by atoms with van der Waals surface area (Å²) in [6.07, 6.45) is 0.539. The molecule has 8 nitrogen and oxygen atoms in total. The van der Waals surface area contributed by atoms with E-state index in [1.165, 1.54) is 27.4 Å². The minimum atomic E-state index is -3.28. The van der Waals surface area contributed by atoms with E-state index in [9.17, 15) is 23.3 Å². The van der Waals surface area contributed by atoms with Gasteiger partial charge in [0.05, 0.1) is 10.7 Å². The van der Waals surface area contributed by atoms with Crippen LogP contribution in [0.5, 0.6) is 0 Å². The lowest BCUT2D eigenvalue weighted by Crippen LogP contribution is -2.51. The van der Waals surface area contributed by atoms with Gasteiger partial charge in [-0.25, -0.2) is 8.42 Å². The van der Waals surface area contributed by atoms with Crippen molar-refractivity contribution in [1.29, 1.82) is 0 Å². The summed E-state index contributed by atoms with van der Waals surface area (Å²) in [5, 5.41) is 11.0. The molecule has 1 aromatic carbocycles. The van der Waals surface area contributed by atoms with Crippen molar-refractivity contribution in [1.82, 2.24) is 9.21 Å². The van der Waals surface area contributed by atoms with Crippen LogP contribution in [0, 0.1) is 10.1 Å². The summed E-state index contributed by atoms with van der Waals surface area (Å²) in [6.45, 7) is 2.69. The average Bonchev–Trinajstić information content (AvgIpc) is 2.54. The summed E-state index contributed by atoms with van der Waals surface area (Å²) < 4.78 is 25.4. The Labute approximate surface area is 134 Å². The molecule has 1 heterocycles. The molecule has 0 spiro atoms. The third kappa shape index (κ3) is 3.85. The van der Waals surface area contributed by atoms with Gasteiger partial charge >= 0.3 is 0 Å². The van der Waals surface area contributed by atoms with E-state index in [1.807, 2.05) is 0 Å². The lowest BCUT2D eigenvalue weighted by atomic mass is 10.1. The van der Waals surface area contributed by atoms with Crippen molar-refractivity contribution in [3.8, 4) is 0 Å². The first-order chi connectivity index (χ1) is 10.9. The first-order valence-electron chi connectivity index (χ1n) is 7.37. The molecule has 0 N–H and O–H groups in total. The molecule has 1 aromatic rings. The Morgan fingerprint density at radius 1 is 1.22 bits per heavy atom. The lowest BCUT2D eigenvalue weighted by molar-refractivity contribution is -0.385. The Kier molecular flexibility index (Phi) is 5.32. The standard InChI is InChI=1S/C14H19N3O5S/c1-2-11-23(21,22)16-9-7-15(8-10-16)14(18)12-5-3-4-6-13(12)17(19)20/h3-6H,2,7-11H2,1H3. The molecular formula is C14H19N3O5S. The van der Waals surface area contributed by atoms with Crippen molar-refractivity contribution < 1.29 is 18.1 Å². The Hall–Kier alpha value is -2.00. The van der Waals surface area contributed by atoms with Gasteiger partial charge in [0.2, 0.25) is 10.0 Å². The van der Waals surface area contributed by atoms with Crippen molar-refractivity contribution in [2.24, 2.45) is 0 Å². The van der Waals surface area contributed by atoms with Gasteiger partial charge in [-0.2, -0.15) is 4.31 Å². The number of nitro benzene ring substituents is 1. The van der Waals surface area contributed by atoms with Gasteiger partial charge in [0, 0.05) is 32.2 Å². The molecule has 2 rings (SSSR count). The SMILES string of the molecule is CCCS(=O)(=O)N1CCN(C(=O)c2ccccc2[N+](=O)[O-])CC1. The number of hydrogen-bond donors (Lipinski definition) is 0. The van der Waals surface area contributed by atoms with Gasteiger partial charge in [-0.05, 0) is 12.5 Å². The highest BCUT2D eigenvalue weighted by Crippen LogP contribution is 2.20. The maximum atomic E-state index is 12.5. The van der Waals surface area contributed by atoms with Crippen LogP contribution >= 0.6 is 0 Å². The topological polar surface area (TPSA) is 101 Å². The first-order valence-corrected chi connectivity index (χ1v) is 8.98. The quantitative estimate of drug-likeness (QED) is 0.589. The molecule has 0 saturated carbocycles. The van der Waals surface area contributed by atoms with Crippen LogP contribution in [0.1, 0.15) is 23.7 Å². The number of rotatable bonds is 5. The fraction of sp³-hybridized carbons (Fsp3) is 0.500. The molecule has 0 aliphatic carbocycles. The highest BCUT2D eigenvalue weighted by atomic mass is 32.2. The zero-order chi connectivity index (χ0) is 17.0. The molecule has 1 saturated heterocycles. The molecule has 126 valence electrons. The summed E-state index contributed by atoms with van der Waals surface area (Å²) in [5.74, 6) is -0.352. The van der Waals surface area contributed by atoms with E-state index in [4.69, 9.17) is 0 Å².